The van der Waals surface area contributed by atoms with Crippen LogP contribution in [-0.4, -0.2) is 41.4 Å². The first-order valence-corrected chi connectivity index (χ1v) is 8.65. The number of ether oxygens (including phenoxy) is 2. The number of aliphatic hydroxyl groups excluding tert-OH is 2. The van der Waals surface area contributed by atoms with E-state index in [-0.39, 0.29) is 36.0 Å². The van der Waals surface area contributed by atoms with E-state index in [9.17, 15) is 20.0 Å². The number of anilines is 1. The lowest BCUT2D eigenvalue weighted by Gasteiger charge is -2.12. The van der Waals surface area contributed by atoms with E-state index in [0.29, 0.717) is 11.4 Å². The number of nitro benzene ring substituents is 1. The number of non-ortho nitro benzene ring substituents is 1. The van der Waals surface area contributed by atoms with E-state index in [1.54, 1.807) is 24.3 Å². The molecule has 0 heterocycles. The number of allylic oxidation sites excluding steroid dienone is 1. The number of nitro groups is 1. The van der Waals surface area contributed by atoms with Crippen LogP contribution in [0.4, 0.5) is 17.1 Å². The molecular formula is C19H20N4O7. The van der Waals surface area contributed by atoms with Crippen LogP contribution >= 0.6 is 0 Å². The molecule has 0 aliphatic carbocycles. The summed E-state index contributed by atoms with van der Waals surface area (Å²) in [6.07, 6.45) is 0. The predicted molar refractivity (Wildman–Crippen MR) is 107 cm³/mol. The highest BCUT2D eigenvalue weighted by Gasteiger charge is 2.17. The van der Waals surface area contributed by atoms with Crippen molar-refractivity contribution < 1.29 is 29.4 Å². The lowest BCUT2D eigenvalue weighted by molar-refractivity contribution is -0.384. The van der Waals surface area contributed by atoms with Gasteiger partial charge in [-0.15, -0.1) is 10.2 Å². The smallest absolute Gasteiger partial charge is 0.279 e. The molecule has 0 aliphatic rings. The average molecular weight is 416 g/mol. The van der Waals surface area contributed by atoms with Crippen molar-refractivity contribution in [3.8, 4) is 11.5 Å². The van der Waals surface area contributed by atoms with Crippen molar-refractivity contribution in [2.24, 2.45) is 10.2 Å². The molecule has 3 N–H and O–H groups in total. The number of nitrogens with one attached hydrogen (secondary N) is 1. The normalized spacial score (nSPS) is 11.7. The number of nitrogens with zero attached hydrogens (tertiary/aromatic N) is 3. The quantitative estimate of drug-likeness (QED) is 0.186. The molecule has 1 amide bonds. The second kappa shape index (κ2) is 10.5. The van der Waals surface area contributed by atoms with E-state index in [0.717, 1.165) is 0 Å². The first-order chi connectivity index (χ1) is 14.4. The van der Waals surface area contributed by atoms with Gasteiger partial charge in [-0.3, -0.25) is 14.9 Å². The Bertz CT molecular complexity index is 985. The molecule has 11 heteroatoms. The molecule has 0 aliphatic heterocycles. The second-order valence-electron chi connectivity index (χ2n) is 5.77. The standard InChI is InChI=1S/C19H20N4O7/c1-12(25)18(19(26)20-14-5-3-4-6-16(14)30-10-9-24)22-21-15-8-7-13(23(27)28)11-17(15)29-2/h3-8,11,24-25H,9-10H2,1-2H3,(H,20,26). The van der Waals surface area contributed by atoms with Gasteiger partial charge in [-0.1, -0.05) is 12.1 Å². The SMILES string of the molecule is COc1cc([N+](=O)[O-])ccc1N=NC(C(=O)Nc1ccccc1OCCO)=C(C)O. The molecular weight excluding hydrogens is 396 g/mol. The minimum atomic E-state index is -0.764. The molecule has 11 nitrogen and oxygen atoms in total. The number of hydrogen-bond donors (Lipinski definition) is 3. The third kappa shape index (κ3) is 5.75. The van der Waals surface area contributed by atoms with Gasteiger partial charge in [0.1, 0.15) is 23.8 Å². The number of aliphatic hydroxyl groups is 2. The molecule has 2 aromatic rings. The molecule has 30 heavy (non-hydrogen) atoms. The zero-order valence-corrected chi connectivity index (χ0v) is 16.2. The predicted octanol–water partition coefficient (Wildman–Crippen LogP) is 3.49. The topological polar surface area (TPSA) is 156 Å². The van der Waals surface area contributed by atoms with E-state index >= 15 is 0 Å². The highest BCUT2D eigenvalue weighted by Crippen LogP contribution is 2.32. The van der Waals surface area contributed by atoms with E-state index in [4.69, 9.17) is 14.6 Å². The zero-order chi connectivity index (χ0) is 22.1. The summed E-state index contributed by atoms with van der Waals surface area (Å²) in [7, 11) is 1.31. The molecule has 2 aromatic carbocycles. The van der Waals surface area contributed by atoms with E-state index < -0.39 is 16.6 Å². The van der Waals surface area contributed by atoms with Crippen LogP contribution in [0, 0.1) is 10.1 Å². The summed E-state index contributed by atoms with van der Waals surface area (Å²) in [5, 5.41) is 39.8. The van der Waals surface area contributed by atoms with Crippen molar-refractivity contribution in [3.63, 3.8) is 0 Å². The number of amides is 1. The third-order valence-electron chi connectivity index (χ3n) is 3.67. The first kappa shape index (κ1) is 22.3. The van der Waals surface area contributed by atoms with Gasteiger partial charge >= 0.3 is 0 Å². The Labute approximate surface area is 171 Å². The Morgan fingerprint density at radius 2 is 1.97 bits per heavy atom. The van der Waals surface area contributed by atoms with Crippen LogP contribution in [0.3, 0.4) is 0 Å². The maximum atomic E-state index is 12.6. The largest absolute Gasteiger partial charge is 0.510 e. The minimum absolute atomic E-state index is 0.0360. The summed E-state index contributed by atoms with van der Waals surface area (Å²) >= 11 is 0. The zero-order valence-electron chi connectivity index (χ0n) is 16.2. The van der Waals surface area contributed by atoms with Gasteiger partial charge in [0.2, 0.25) is 0 Å². The van der Waals surface area contributed by atoms with Crippen molar-refractivity contribution in [1.29, 1.82) is 0 Å². The number of benzene rings is 2. The van der Waals surface area contributed by atoms with Crippen LogP contribution in [0.2, 0.25) is 0 Å². The maximum absolute atomic E-state index is 12.6. The number of azo groups is 1. The van der Waals surface area contributed by atoms with Crippen molar-refractivity contribution in [1.82, 2.24) is 0 Å². The van der Waals surface area contributed by atoms with Crippen LogP contribution in [0.1, 0.15) is 6.92 Å². The van der Waals surface area contributed by atoms with Gasteiger partial charge in [-0.25, -0.2) is 0 Å². The van der Waals surface area contributed by atoms with Gasteiger partial charge in [-0.2, -0.15) is 0 Å². The summed E-state index contributed by atoms with van der Waals surface area (Å²) in [6.45, 7) is 1.10. The Morgan fingerprint density at radius 3 is 2.60 bits per heavy atom. The Kier molecular flexibility index (Phi) is 7.82. The number of methoxy groups -OCH3 is 1. The Balaban J connectivity index is 2.26. The lowest BCUT2D eigenvalue weighted by Crippen LogP contribution is -2.16. The molecule has 0 atom stereocenters. The fourth-order valence-corrected chi connectivity index (χ4v) is 2.28. The maximum Gasteiger partial charge on any atom is 0.279 e. The summed E-state index contributed by atoms with van der Waals surface area (Å²) in [4.78, 5) is 22.9. The molecule has 0 fully saturated rings. The monoisotopic (exact) mass is 416 g/mol. The number of carbonyl (C=O) groups excluding carboxylic acids is 1. The number of para-hydroxylation sites is 2. The van der Waals surface area contributed by atoms with Crippen LogP contribution in [0.25, 0.3) is 0 Å². The van der Waals surface area contributed by atoms with E-state index in [1.165, 1.54) is 32.2 Å². The molecule has 0 saturated carbocycles. The summed E-state index contributed by atoms with van der Waals surface area (Å²) in [5.74, 6) is -0.763. The highest BCUT2D eigenvalue weighted by molar-refractivity contribution is 6.04. The summed E-state index contributed by atoms with van der Waals surface area (Å²) < 4.78 is 10.4. The average Bonchev–Trinajstić information content (AvgIpc) is 2.72. The van der Waals surface area contributed by atoms with Gasteiger partial charge in [0, 0.05) is 6.07 Å². The number of rotatable bonds is 9. The van der Waals surface area contributed by atoms with Crippen molar-refractivity contribution >= 4 is 23.0 Å². The van der Waals surface area contributed by atoms with Crippen LogP contribution in [0.5, 0.6) is 11.5 Å². The fraction of sp³-hybridized carbons (Fsp3) is 0.211. The van der Waals surface area contributed by atoms with Crippen LogP contribution < -0.4 is 14.8 Å². The molecule has 158 valence electrons. The molecule has 0 spiro atoms. The van der Waals surface area contributed by atoms with Gasteiger partial charge in [-0.05, 0) is 25.1 Å². The lowest BCUT2D eigenvalue weighted by atomic mass is 10.2. The van der Waals surface area contributed by atoms with Gasteiger partial charge in [0.15, 0.2) is 11.4 Å². The number of hydrogen-bond acceptors (Lipinski definition) is 9. The Hall–Kier alpha value is -3.99. The molecule has 0 unspecified atom stereocenters. The van der Waals surface area contributed by atoms with Gasteiger partial charge in [0.05, 0.1) is 30.4 Å². The summed E-state index contributed by atoms with van der Waals surface area (Å²) in [6, 6.07) is 10.2. The Morgan fingerprint density at radius 1 is 1.23 bits per heavy atom. The van der Waals surface area contributed by atoms with Crippen molar-refractivity contribution in [3.05, 3.63) is 64.0 Å². The van der Waals surface area contributed by atoms with E-state index in [1.807, 2.05) is 0 Å². The minimum Gasteiger partial charge on any atom is -0.510 e. The molecule has 0 aromatic heterocycles. The first-order valence-electron chi connectivity index (χ1n) is 8.65. The number of carbonyl (C=O) groups is 1. The van der Waals surface area contributed by atoms with E-state index in [2.05, 4.69) is 15.5 Å². The molecule has 2 rings (SSSR count). The molecule has 0 bridgehead atoms. The van der Waals surface area contributed by atoms with Crippen molar-refractivity contribution in [2.45, 2.75) is 6.92 Å². The van der Waals surface area contributed by atoms with Gasteiger partial charge < -0.3 is 25.0 Å². The highest BCUT2D eigenvalue weighted by atomic mass is 16.6. The second-order valence-corrected chi connectivity index (χ2v) is 5.77. The van der Waals surface area contributed by atoms with Crippen LogP contribution in [-0.2, 0) is 4.79 Å². The van der Waals surface area contributed by atoms with Gasteiger partial charge in [0.25, 0.3) is 11.6 Å². The van der Waals surface area contributed by atoms with Crippen molar-refractivity contribution in [2.75, 3.05) is 25.6 Å². The van der Waals surface area contributed by atoms with Crippen LogP contribution in [0.15, 0.2) is 64.1 Å². The molecule has 0 radical (unpaired) electrons. The fourth-order valence-electron chi connectivity index (χ4n) is 2.28. The third-order valence-corrected chi connectivity index (χ3v) is 3.67. The molecule has 0 saturated heterocycles. The summed E-state index contributed by atoms with van der Waals surface area (Å²) in [5.41, 5.74) is -0.149.